The smallest absolute Gasteiger partial charge is 0.324 e. The first kappa shape index (κ1) is 21.3. The monoisotopic (exact) mass is 412 g/mol. The number of amides is 4. The summed E-state index contributed by atoms with van der Waals surface area (Å²) in [7, 11) is 3.20. The zero-order chi connectivity index (χ0) is 21.5. The number of carbonyl (C=O) groups excluding carboxylic acids is 2. The lowest BCUT2D eigenvalue weighted by Crippen LogP contribution is -2.49. The van der Waals surface area contributed by atoms with Gasteiger partial charge in [-0.05, 0) is 43.2 Å². The molecule has 160 valence electrons. The normalized spacial score (nSPS) is 13.8. The lowest BCUT2D eigenvalue weighted by Gasteiger charge is -2.36. The van der Waals surface area contributed by atoms with Crippen LogP contribution >= 0.6 is 0 Å². The molecule has 0 spiro atoms. The van der Waals surface area contributed by atoms with E-state index in [1.807, 2.05) is 37.3 Å². The molecule has 0 aromatic heterocycles. The Morgan fingerprint density at radius 2 is 1.77 bits per heavy atom. The van der Waals surface area contributed by atoms with Gasteiger partial charge in [0.15, 0.2) is 0 Å². The fourth-order valence-corrected chi connectivity index (χ4v) is 3.47. The van der Waals surface area contributed by atoms with Crippen LogP contribution in [0.5, 0.6) is 11.5 Å². The standard InChI is InChI=1S/C22H28N4O4/c1-4-23-21(27)24-19-8-5-6-9-20(19)26-11-7-10-25(22(26)28)15-16-12-17(29-2)14-18(13-16)30-3/h5-6,8-9,12-14H,4,7,10-11,15H2,1-3H3,(H2,23,24,27). The Labute approximate surface area is 176 Å². The topological polar surface area (TPSA) is 83.1 Å². The highest BCUT2D eigenvalue weighted by Gasteiger charge is 2.28. The summed E-state index contributed by atoms with van der Waals surface area (Å²) in [5, 5.41) is 5.54. The number of anilines is 2. The maximum Gasteiger partial charge on any atom is 0.324 e. The van der Waals surface area contributed by atoms with E-state index in [-0.39, 0.29) is 12.1 Å². The SMILES string of the molecule is CCNC(=O)Nc1ccccc1N1CCCN(Cc2cc(OC)cc(OC)c2)C1=O. The molecule has 0 unspecified atom stereocenters. The van der Waals surface area contributed by atoms with Crippen molar-refractivity contribution in [2.24, 2.45) is 0 Å². The minimum Gasteiger partial charge on any atom is -0.497 e. The average molecular weight is 412 g/mol. The van der Waals surface area contributed by atoms with E-state index in [0.29, 0.717) is 49.1 Å². The van der Waals surface area contributed by atoms with Crippen molar-refractivity contribution in [2.75, 3.05) is 44.1 Å². The van der Waals surface area contributed by atoms with Gasteiger partial charge in [0.05, 0.1) is 25.6 Å². The second kappa shape index (κ2) is 9.87. The number of urea groups is 2. The average Bonchev–Trinajstić information content (AvgIpc) is 2.75. The summed E-state index contributed by atoms with van der Waals surface area (Å²) in [4.78, 5) is 28.8. The Kier molecular flexibility index (Phi) is 7.00. The van der Waals surface area contributed by atoms with Crippen molar-refractivity contribution in [1.82, 2.24) is 10.2 Å². The van der Waals surface area contributed by atoms with Crippen molar-refractivity contribution in [2.45, 2.75) is 19.9 Å². The molecule has 0 saturated carbocycles. The Morgan fingerprint density at radius 1 is 1.07 bits per heavy atom. The minimum atomic E-state index is -0.297. The number of hydrogen-bond acceptors (Lipinski definition) is 4. The van der Waals surface area contributed by atoms with Crippen molar-refractivity contribution in [1.29, 1.82) is 0 Å². The van der Waals surface area contributed by atoms with E-state index < -0.39 is 0 Å². The summed E-state index contributed by atoms with van der Waals surface area (Å²) < 4.78 is 10.7. The molecule has 0 bridgehead atoms. The third kappa shape index (κ3) is 4.94. The van der Waals surface area contributed by atoms with Crippen LogP contribution in [0.4, 0.5) is 21.0 Å². The van der Waals surface area contributed by atoms with Crippen molar-refractivity contribution in [3.63, 3.8) is 0 Å². The van der Waals surface area contributed by atoms with Crippen molar-refractivity contribution < 1.29 is 19.1 Å². The molecule has 1 heterocycles. The van der Waals surface area contributed by atoms with Crippen LogP contribution in [0.1, 0.15) is 18.9 Å². The number of ether oxygens (including phenoxy) is 2. The fourth-order valence-electron chi connectivity index (χ4n) is 3.47. The molecule has 2 N–H and O–H groups in total. The molecular weight excluding hydrogens is 384 g/mol. The number of methoxy groups -OCH3 is 2. The quantitative estimate of drug-likeness (QED) is 0.727. The van der Waals surface area contributed by atoms with Crippen molar-refractivity contribution in [3.05, 3.63) is 48.0 Å². The molecule has 8 nitrogen and oxygen atoms in total. The van der Waals surface area contributed by atoms with Gasteiger partial charge in [0.25, 0.3) is 0 Å². The summed E-state index contributed by atoms with van der Waals surface area (Å²) in [6.07, 6.45) is 0.822. The van der Waals surface area contributed by atoms with Gasteiger partial charge in [0.2, 0.25) is 0 Å². The summed E-state index contributed by atoms with van der Waals surface area (Å²) in [6, 6.07) is 12.5. The van der Waals surface area contributed by atoms with Crippen LogP contribution in [-0.4, -0.2) is 50.8 Å². The highest BCUT2D eigenvalue weighted by molar-refractivity contribution is 6.00. The number of para-hydroxylation sites is 2. The van der Waals surface area contributed by atoms with Crippen LogP contribution < -0.4 is 25.0 Å². The largest absolute Gasteiger partial charge is 0.497 e. The van der Waals surface area contributed by atoms with Crippen LogP contribution in [-0.2, 0) is 6.54 Å². The van der Waals surface area contributed by atoms with Crippen LogP contribution in [0, 0.1) is 0 Å². The van der Waals surface area contributed by atoms with E-state index in [1.165, 1.54) is 0 Å². The van der Waals surface area contributed by atoms with Crippen LogP contribution in [0.25, 0.3) is 0 Å². The maximum atomic E-state index is 13.3. The molecule has 2 aromatic rings. The van der Waals surface area contributed by atoms with E-state index in [0.717, 1.165) is 12.0 Å². The van der Waals surface area contributed by atoms with E-state index in [1.54, 1.807) is 36.2 Å². The van der Waals surface area contributed by atoms with Crippen LogP contribution in [0.2, 0.25) is 0 Å². The Bertz CT molecular complexity index is 880. The molecule has 3 rings (SSSR count). The number of nitrogens with zero attached hydrogens (tertiary/aromatic N) is 2. The molecule has 1 aliphatic rings. The maximum absolute atomic E-state index is 13.3. The second-order valence-corrected chi connectivity index (χ2v) is 6.93. The predicted octanol–water partition coefficient (Wildman–Crippen LogP) is 3.68. The van der Waals surface area contributed by atoms with E-state index in [4.69, 9.17) is 9.47 Å². The number of rotatable bonds is 7. The van der Waals surface area contributed by atoms with Gasteiger partial charge in [-0.1, -0.05) is 12.1 Å². The Hall–Kier alpha value is -3.42. The highest BCUT2D eigenvalue weighted by atomic mass is 16.5. The summed E-state index contributed by atoms with van der Waals surface area (Å²) >= 11 is 0. The van der Waals surface area contributed by atoms with E-state index >= 15 is 0 Å². The van der Waals surface area contributed by atoms with Gasteiger partial charge < -0.3 is 25.0 Å². The van der Waals surface area contributed by atoms with Gasteiger partial charge in [-0.15, -0.1) is 0 Å². The third-order valence-electron chi connectivity index (χ3n) is 4.88. The third-order valence-corrected chi connectivity index (χ3v) is 4.88. The lowest BCUT2D eigenvalue weighted by atomic mass is 10.1. The molecule has 0 radical (unpaired) electrons. The van der Waals surface area contributed by atoms with Gasteiger partial charge in [-0.3, -0.25) is 4.90 Å². The van der Waals surface area contributed by atoms with Crippen LogP contribution in [0.3, 0.4) is 0 Å². The first-order valence-electron chi connectivity index (χ1n) is 9.98. The first-order valence-corrected chi connectivity index (χ1v) is 9.98. The van der Waals surface area contributed by atoms with Gasteiger partial charge in [-0.2, -0.15) is 0 Å². The van der Waals surface area contributed by atoms with E-state index in [2.05, 4.69) is 10.6 Å². The molecule has 0 aliphatic carbocycles. The zero-order valence-corrected chi connectivity index (χ0v) is 17.6. The number of benzene rings is 2. The molecular formula is C22H28N4O4. The molecule has 4 amide bonds. The predicted molar refractivity (Wildman–Crippen MR) is 116 cm³/mol. The highest BCUT2D eigenvalue weighted by Crippen LogP contribution is 2.30. The summed E-state index contributed by atoms with van der Waals surface area (Å²) in [5.74, 6) is 1.37. The molecule has 8 heteroatoms. The lowest BCUT2D eigenvalue weighted by molar-refractivity contribution is 0.192. The van der Waals surface area contributed by atoms with Gasteiger partial charge in [-0.25, -0.2) is 9.59 Å². The molecule has 0 atom stereocenters. The first-order chi connectivity index (χ1) is 14.5. The zero-order valence-electron chi connectivity index (χ0n) is 17.6. The van der Waals surface area contributed by atoms with Crippen molar-refractivity contribution >= 4 is 23.4 Å². The van der Waals surface area contributed by atoms with Gasteiger partial charge >= 0.3 is 12.1 Å². The van der Waals surface area contributed by atoms with Gasteiger partial charge in [0, 0.05) is 32.2 Å². The van der Waals surface area contributed by atoms with Crippen LogP contribution in [0.15, 0.2) is 42.5 Å². The minimum absolute atomic E-state index is 0.104. The summed E-state index contributed by atoms with van der Waals surface area (Å²) in [6.45, 7) is 4.06. The van der Waals surface area contributed by atoms with Gasteiger partial charge in [0.1, 0.15) is 11.5 Å². The Morgan fingerprint density at radius 3 is 2.43 bits per heavy atom. The summed E-state index contributed by atoms with van der Waals surface area (Å²) in [5.41, 5.74) is 2.21. The number of nitrogens with one attached hydrogen (secondary N) is 2. The molecule has 1 aliphatic heterocycles. The fraction of sp³-hybridized carbons (Fsp3) is 0.364. The van der Waals surface area contributed by atoms with Crippen molar-refractivity contribution in [3.8, 4) is 11.5 Å². The van der Waals surface area contributed by atoms with E-state index in [9.17, 15) is 9.59 Å². The Balaban J connectivity index is 1.80. The second-order valence-electron chi connectivity index (χ2n) is 6.93. The molecule has 2 aromatic carbocycles. The molecule has 30 heavy (non-hydrogen) atoms. The molecule has 1 fully saturated rings. The molecule has 1 saturated heterocycles. The number of carbonyl (C=O) groups is 2. The number of hydrogen-bond donors (Lipinski definition) is 2.